The van der Waals surface area contributed by atoms with Crippen LogP contribution >= 0.6 is 0 Å². The third-order valence-corrected chi connectivity index (χ3v) is 3.48. The lowest BCUT2D eigenvalue weighted by Crippen LogP contribution is -1.99. The molecule has 0 saturated carbocycles. The van der Waals surface area contributed by atoms with Crippen molar-refractivity contribution in [3.8, 4) is 0 Å². The Morgan fingerprint density at radius 3 is 2.68 bits per heavy atom. The van der Waals surface area contributed by atoms with Crippen LogP contribution in [0.5, 0.6) is 0 Å². The molecule has 0 radical (unpaired) electrons. The number of nitrogens with zero attached hydrogens (tertiary/aromatic N) is 1. The molecule has 102 valence electrons. The van der Waals surface area contributed by atoms with Crippen LogP contribution in [0.1, 0.15) is 36.5 Å². The van der Waals surface area contributed by atoms with Gasteiger partial charge in [0.2, 0.25) is 0 Å². The zero-order valence-electron chi connectivity index (χ0n) is 11.9. The summed E-state index contributed by atoms with van der Waals surface area (Å²) >= 11 is 0. The highest BCUT2D eigenvalue weighted by Crippen LogP contribution is 2.27. The number of aliphatic carboxylic acids is 1. The lowest BCUT2D eigenvalue weighted by molar-refractivity contribution is -0.136. The van der Waals surface area contributed by atoms with Crippen molar-refractivity contribution in [2.24, 2.45) is 0 Å². The molecule has 0 aliphatic rings. The number of hydrogen-bond acceptors (Lipinski definition) is 1. The standard InChI is InChI=1S/C16H21NO2/c1-4-5-6-17-10-13(9-15(18)19)14-8-11(2)7-12(3)16(14)17/h7-8,10H,4-6,9H2,1-3H3,(H,18,19). The minimum atomic E-state index is -0.770. The Balaban J connectivity index is 2.59. The fourth-order valence-corrected chi connectivity index (χ4v) is 2.72. The lowest BCUT2D eigenvalue weighted by Gasteiger charge is -2.07. The molecule has 0 bridgehead atoms. The Hall–Kier alpha value is -1.77. The molecule has 0 saturated heterocycles. The second kappa shape index (κ2) is 5.47. The highest BCUT2D eigenvalue weighted by molar-refractivity contribution is 5.90. The first-order valence-corrected chi connectivity index (χ1v) is 6.83. The fraction of sp³-hybridized carbons (Fsp3) is 0.438. The number of carboxylic acid groups (broad SMARTS) is 1. The zero-order chi connectivity index (χ0) is 14.0. The first kappa shape index (κ1) is 13.7. The third kappa shape index (κ3) is 2.80. The quantitative estimate of drug-likeness (QED) is 0.890. The van der Waals surface area contributed by atoms with E-state index in [0.29, 0.717) is 0 Å². The number of unbranched alkanes of at least 4 members (excludes halogenated alkanes) is 1. The molecule has 0 aliphatic heterocycles. The van der Waals surface area contributed by atoms with Crippen LogP contribution in [0.2, 0.25) is 0 Å². The van der Waals surface area contributed by atoms with Crippen LogP contribution in [0.4, 0.5) is 0 Å². The topological polar surface area (TPSA) is 42.2 Å². The van der Waals surface area contributed by atoms with Crippen molar-refractivity contribution in [1.82, 2.24) is 4.57 Å². The van der Waals surface area contributed by atoms with Gasteiger partial charge in [-0.3, -0.25) is 4.79 Å². The summed E-state index contributed by atoms with van der Waals surface area (Å²) < 4.78 is 2.21. The number of aromatic nitrogens is 1. The Kier molecular flexibility index (Phi) is 3.93. The molecule has 0 unspecified atom stereocenters. The number of carboxylic acids is 1. The summed E-state index contributed by atoms with van der Waals surface area (Å²) in [6.45, 7) is 7.28. The smallest absolute Gasteiger partial charge is 0.307 e. The van der Waals surface area contributed by atoms with E-state index in [-0.39, 0.29) is 6.42 Å². The summed E-state index contributed by atoms with van der Waals surface area (Å²) in [6, 6.07) is 4.26. The van der Waals surface area contributed by atoms with Crippen molar-refractivity contribution < 1.29 is 9.90 Å². The van der Waals surface area contributed by atoms with Crippen molar-refractivity contribution in [1.29, 1.82) is 0 Å². The molecule has 19 heavy (non-hydrogen) atoms. The number of fused-ring (bicyclic) bond motifs is 1. The number of rotatable bonds is 5. The van der Waals surface area contributed by atoms with Crippen molar-refractivity contribution in [3.63, 3.8) is 0 Å². The molecule has 0 fully saturated rings. The van der Waals surface area contributed by atoms with E-state index < -0.39 is 5.97 Å². The summed E-state index contributed by atoms with van der Waals surface area (Å²) in [5, 5.41) is 10.1. The largest absolute Gasteiger partial charge is 0.481 e. The van der Waals surface area contributed by atoms with Gasteiger partial charge in [0, 0.05) is 18.1 Å². The van der Waals surface area contributed by atoms with Gasteiger partial charge in [-0.1, -0.05) is 25.0 Å². The second-order valence-electron chi connectivity index (χ2n) is 5.25. The van der Waals surface area contributed by atoms with Crippen LogP contribution in [0.15, 0.2) is 18.3 Å². The van der Waals surface area contributed by atoms with E-state index in [4.69, 9.17) is 5.11 Å². The molecular formula is C16H21NO2. The van der Waals surface area contributed by atoms with Gasteiger partial charge in [0.25, 0.3) is 0 Å². The van der Waals surface area contributed by atoms with Crippen molar-refractivity contribution >= 4 is 16.9 Å². The Morgan fingerprint density at radius 1 is 1.32 bits per heavy atom. The van der Waals surface area contributed by atoms with Crippen LogP contribution in [-0.4, -0.2) is 15.6 Å². The molecule has 2 aromatic rings. The van der Waals surface area contributed by atoms with Gasteiger partial charge in [-0.15, -0.1) is 0 Å². The zero-order valence-corrected chi connectivity index (χ0v) is 11.9. The molecule has 1 N–H and O–H groups in total. The average Bonchev–Trinajstić information content (AvgIpc) is 2.64. The van der Waals surface area contributed by atoms with Crippen LogP contribution in [0.3, 0.4) is 0 Å². The molecule has 0 aliphatic carbocycles. The molecule has 3 nitrogen and oxygen atoms in total. The maximum atomic E-state index is 11.0. The minimum absolute atomic E-state index is 0.0958. The molecule has 0 atom stereocenters. The SMILES string of the molecule is CCCCn1cc(CC(=O)O)c2cc(C)cc(C)c21. The van der Waals surface area contributed by atoms with E-state index in [0.717, 1.165) is 30.3 Å². The van der Waals surface area contributed by atoms with Crippen LogP contribution in [-0.2, 0) is 17.8 Å². The molecule has 1 heterocycles. The maximum Gasteiger partial charge on any atom is 0.307 e. The summed E-state index contributed by atoms with van der Waals surface area (Å²) in [6.07, 6.45) is 4.36. The number of hydrogen-bond donors (Lipinski definition) is 1. The van der Waals surface area contributed by atoms with Crippen LogP contribution in [0.25, 0.3) is 10.9 Å². The van der Waals surface area contributed by atoms with Crippen molar-refractivity contribution in [3.05, 3.63) is 35.0 Å². The molecular weight excluding hydrogens is 238 g/mol. The van der Waals surface area contributed by atoms with Crippen molar-refractivity contribution in [2.75, 3.05) is 0 Å². The number of carbonyl (C=O) groups is 1. The summed E-state index contributed by atoms with van der Waals surface area (Å²) in [7, 11) is 0. The summed E-state index contributed by atoms with van der Waals surface area (Å²) in [4.78, 5) is 11.0. The number of aryl methyl sites for hydroxylation is 3. The predicted molar refractivity (Wildman–Crippen MR) is 77.7 cm³/mol. The Morgan fingerprint density at radius 2 is 2.05 bits per heavy atom. The normalized spacial score (nSPS) is 11.1. The van der Waals surface area contributed by atoms with Gasteiger partial charge in [0.15, 0.2) is 0 Å². The summed E-state index contributed by atoms with van der Waals surface area (Å²) in [5.41, 5.74) is 4.52. The lowest BCUT2D eigenvalue weighted by atomic mass is 10.0. The first-order chi connectivity index (χ1) is 9.02. The fourth-order valence-electron chi connectivity index (χ4n) is 2.72. The van der Waals surface area contributed by atoms with Crippen LogP contribution < -0.4 is 0 Å². The van der Waals surface area contributed by atoms with E-state index >= 15 is 0 Å². The predicted octanol–water partition coefficient (Wildman–Crippen LogP) is 3.69. The van der Waals surface area contributed by atoms with Gasteiger partial charge in [-0.2, -0.15) is 0 Å². The molecule has 0 spiro atoms. The minimum Gasteiger partial charge on any atom is -0.481 e. The van der Waals surface area contributed by atoms with E-state index in [1.807, 2.05) is 6.20 Å². The average molecular weight is 259 g/mol. The van der Waals surface area contributed by atoms with Crippen molar-refractivity contribution in [2.45, 2.75) is 46.6 Å². The van der Waals surface area contributed by atoms with Crippen LogP contribution in [0, 0.1) is 13.8 Å². The monoisotopic (exact) mass is 259 g/mol. The summed E-state index contributed by atoms with van der Waals surface area (Å²) in [5.74, 6) is -0.770. The van der Waals surface area contributed by atoms with E-state index in [9.17, 15) is 4.79 Å². The Bertz CT molecular complexity index is 611. The van der Waals surface area contributed by atoms with Gasteiger partial charge in [0.05, 0.1) is 11.9 Å². The molecule has 3 heteroatoms. The van der Waals surface area contributed by atoms with E-state index in [2.05, 4.69) is 37.5 Å². The van der Waals surface area contributed by atoms with Gasteiger partial charge in [-0.05, 0) is 37.5 Å². The molecule has 1 aromatic heterocycles. The third-order valence-electron chi connectivity index (χ3n) is 3.48. The van der Waals surface area contributed by atoms with Gasteiger partial charge >= 0.3 is 5.97 Å². The maximum absolute atomic E-state index is 11.0. The highest BCUT2D eigenvalue weighted by Gasteiger charge is 2.13. The molecule has 1 aromatic carbocycles. The van der Waals surface area contributed by atoms with E-state index in [1.165, 1.54) is 16.6 Å². The van der Waals surface area contributed by atoms with Gasteiger partial charge in [0.1, 0.15) is 0 Å². The van der Waals surface area contributed by atoms with E-state index in [1.54, 1.807) is 0 Å². The first-order valence-electron chi connectivity index (χ1n) is 6.83. The number of benzene rings is 1. The molecule has 0 amide bonds. The highest BCUT2D eigenvalue weighted by atomic mass is 16.4. The van der Waals surface area contributed by atoms with Gasteiger partial charge < -0.3 is 9.67 Å². The second-order valence-corrected chi connectivity index (χ2v) is 5.25. The molecule has 2 rings (SSSR count). The van der Waals surface area contributed by atoms with Gasteiger partial charge in [-0.25, -0.2) is 0 Å². The Labute approximate surface area is 113 Å².